The van der Waals surface area contributed by atoms with E-state index in [0.717, 1.165) is 15.9 Å². The molecular formula is C15H13N3O2S. The number of rotatable bonds is 3. The summed E-state index contributed by atoms with van der Waals surface area (Å²) >= 11 is 1.28. The molecule has 5 nitrogen and oxygen atoms in total. The second kappa shape index (κ2) is 5.49. The Morgan fingerprint density at radius 3 is 2.95 bits per heavy atom. The van der Waals surface area contributed by atoms with Crippen molar-refractivity contribution >= 4 is 27.6 Å². The fourth-order valence-electron chi connectivity index (χ4n) is 2.03. The van der Waals surface area contributed by atoms with Crippen LogP contribution >= 0.6 is 11.3 Å². The van der Waals surface area contributed by atoms with Crippen molar-refractivity contribution in [1.29, 1.82) is 0 Å². The second-order valence-electron chi connectivity index (χ2n) is 4.68. The Morgan fingerprint density at radius 2 is 2.19 bits per heavy atom. The van der Waals surface area contributed by atoms with Crippen molar-refractivity contribution in [3.05, 3.63) is 53.2 Å². The molecule has 6 heteroatoms. The van der Waals surface area contributed by atoms with Gasteiger partial charge < -0.3 is 10.0 Å². The highest BCUT2D eigenvalue weighted by molar-refractivity contribution is 7.19. The van der Waals surface area contributed by atoms with Gasteiger partial charge in [0.05, 0.1) is 0 Å². The molecule has 0 spiro atoms. The summed E-state index contributed by atoms with van der Waals surface area (Å²) in [5.41, 5.74) is 1.60. The van der Waals surface area contributed by atoms with E-state index in [9.17, 15) is 9.90 Å². The van der Waals surface area contributed by atoms with Gasteiger partial charge in [-0.2, -0.15) is 0 Å². The Labute approximate surface area is 125 Å². The van der Waals surface area contributed by atoms with Crippen molar-refractivity contribution in [3.8, 4) is 5.75 Å². The van der Waals surface area contributed by atoms with E-state index < -0.39 is 0 Å². The lowest BCUT2D eigenvalue weighted by Crippen LogP contribution is -2.26. The number of carbonyl (C=O) groups excluding carboxylic acids is 1. The first-order chi connectivity index (χ1) is 10.1. The molecule has 2 heterocycles. The van der Waals surface area contributed by atoms with E-state index in [-0.39, 0.29) is 11.7 Å². The molecule has 1 amide bonds. The average molecular weight is 299 g/mol. The number of phenolic OH excluding ortho intramolecular Hbond substituents is 1. The number of amides is 1. The average Bonchev–Trinajstić information content (AvgIpc) is 2.90. The number of fused-ring (bicyclic) bond motifs is 1. The van der Waals surface area contributed by atoms with Crippen LogP contribution in [0, 0.1) is 0 Å². The molecule has 3 rings (SSSR count). The lowest BCUT2D eigenvalue weighted by Gasteiger charge is -2.15. The monoisotopic (exact) mass is 299 g/mol. The minimum absolute atomic E-state index is 0.152. The predicted octanol–water partition coefficient (Wildman–Crippen LogP) is 2.67. The number of hydrogen-bond donors (Lipinski definition) is 1. The Morgan fingerprint density at radius 1 is 1.33 bits per heavy atom. The smallest absolute Gasteiger partial charge is 0.282 e. The van der Waals surface area contributed by atoms with Gasteiger partial charge in [-0.25, -0.2) is 9.97 Å². The Hall–Kier alpha value is -2.47. The van der Waals surface area contributed by atoms with Gasteiger partial charge in [-0.05, 0) is 29.8 Å². The number of phenols is 1. The number of pyridine rings is 1. The summed E-state index contributed by atoms with van der Waals surface area (Å²) in [5.74, 6) is 0.0406. The van der Waals surface area contributed by atoms with Gasteiger partial charge in [0, 0.05) is 19.8 Å². The first kappa shape index (κ1) is 13.5. The molecule has 106 valence electrons. The summed E-state index contributed by atoms with van der Waals surface area (Å²) in [6.07, 6.45) is 1.69. The van der Waals surface area contributed by atoms with Gasteiger partial charge in [0.1, 0.15) is 16.1 Å². The van der Waals surface area contributed by atoms with Crippen LogP contribution in [0.4, 0.5) is 0 Å². The van der Waals surface area contributed by atoms with Gasteiger partial charge in [0.15, 0.2) is 5.01 Å². The molecule has 0 aliphatic carbocycles. The topological polar surface area (TPSA) is 66.3 Å². The number of carbonyl (C=O) groups is 1. The molecule has 3 aromatic rings. The molecule has 0 atom stereocenters. The van der Waals surface area contributed by atoms with Gasteiger partial charge in [-0.3, -0.25) is 4.79 Å². The largest absolute Gasteiger partial charge is 0.508 e. The van der Waals surface area contributed by atoms with Gasteiger partial charge in [-0.15, -0.1) is 0 Å². The van der Waals surface area contributed by atoms with Crippen molar-refractivity contribution in [2.45, 2.75) is 6.54 Å². The third-order valence-electron chi connectivity index (χ3n) is 3.03. The molecule has 0 saturated carbocycles. The number of aromatic hydroxyl groups is 1. The molecule has 2 aromatic heterocycles. The molecule has 0 radical (unpaired) electrons. The molecule has 1 N–H and O–H groups in total. The van der Waals surface area contributed by atoms with E-state index in [1.807, 2.05) is 12.1 Å². The zero-order valence-electron chi connectivity index (χ0n) is 11.4. The number of benzene rings is 1. The molecule has 0 saturated heterocycles. The van der Waals surface area contributed by atoms with Crippen molar-refractivity contribution in [1.82, 2.24) is 14.9 Å². The zero-order valence-corrected chi connectivity index (χ0v) is 12.2. The summed E-state index contributed by atoms with van der Waals surface area (Å²) in [7, 11) is 1.71. The van der Waals surface area contributed by atoms with E-state index in [4.69, 9.17) is 0 Å². The van der Waals surface area contributed by atoms with E-state index in [1.54, 1.807) is 42.4 Å². The minimum atomic E-state index is -0.152. The summed E-state index contributed by atoms with van der Waals surface area (Å²) in [6, 6.07) is 10.5. The van der Waals surface area contributed by atoms with E-state index in [0.29, 0.717) is 11.6 Å². The highest BCUT2D eigenvalue weighted by Crippen LogP contribution is 2.21. The van der Waals surface area contributed by atoms with Gasteiger partial charge in [0.2, 0.25) is 0 Å². The fraction of sp³-hybridized carbons (Fsp3) is 0.133. The Balaban J connectivity index is 1.80. The number of aromatic nitrogens is 2. The molecular weight excluding hydrogens is 286 g/mol. The first-order valence-electron chi connectivity index (χ1n) is 6.38. The van der Waals surface area contributed by atoms with Crippen LogP contribution in [0.3, 0.4) is 0 Å². The summed E-state index contributed by atoms with van der Waals surface area (Å²) in [6.45, 7) is 0.413. The summed E-state index contributed by atoms with van der Waals surface area (Å²) < 4.78 is 0. The normalized spacial score (nSPS) is 10.7. The van der Waals surface area contributed by atoms with Crippen molar-refractivity contribution in [2.75, 3.05) is 7.05 Å². The molecule has 0 bridgehead atoms. The third-order valence-corrected chi connectivity index (χ3v) is 3.99. The maximum atomic E-state index is 12.4. The van der Waals surface area contributed by atoms with E-state index in [1.165, 1.54) is 11.3 Å². The van der Waals surface area contributed by atoms with Crippen LogP contribution in [0.2, 0.25) is 0 Å². The van der Waals surface area contributed by atoms with Crippen LogP contribution in [-0.2, 0) is 6.54 Å². The van der Waals surface area contributed by atoms with Gasteiger partial charge in [0.25, 0.3) is 5.91 Å². The molecule has 0 fully saturated rings. The highest BCUT2D eigenvalue weighted by Gasteiger charge is 2.17. The fourth-order valence-corrected chi connectivity index (χ4v) is 2.93. The van der Waals surface area contributed by atoms with Crippen molar-refractivity contribution in [2.24, 2.45) is 0 Å². The lowest BCUT2D eigenvalue weighted by molar-refractivity contribution is 0.0785. The highest BCUT2D eigenvalue weighted by atomic mass is 32.1. The van der Waals surface area contributed by atoms with E-state index >= 15 is 0 Å². The lowest BCUT2D eigenvalue weighted by atomic mass is 10.2. The van der Waals surface area contributed by atoms with Crippen LogP contribution in [0.15, 0.2) is 42.6 Å². The van der Waals surface area contributed by atoms with Crippen molar-refractivity contribution < 1.29 is 9.90 Å². The molecule has 0 aliphatic heterocycles. The Kier molecular flexibility index (Phi) is 3.53. The van der Waals surface area contributed by atoms with Crippen LogP contribution in [-0.4, -0.2) is 32.9 Å². The molecule has 1 aromatic carbocycles. The van der Waals surface area contributed by atoms with Gasteiger partial charge in [-0.1, -0.05) is 23.5 Å². The maximum Gasteiger partial charge on any atom is 0.282 e. The molecule has 0 unspecified atom stereocenters. The van der Waals surface area contributed by atoms with Crippen LogP contribution in [0.5, 0.6) is 5.75 Å². The van der Waals surface area contributed by atoms with Gasteiger partial charge >= 0.3 is 0 Å². The second-order valence-corrected chi connectivity index (χ2v) is 5.66. The van der Waals surface area contributed by atoms with E-state index in [2.05, 4.69) is 9.97 Å². The maximum absolute atomic E-state index is 12.4. The van der Waals surface area contributed by atoms with Crippen LogP contribution in [0.25, 0.3) is 10.3 Å². The number of thiazole rings is 1. The quantitative estimate of drug-likeness (QED) is 0.807. The molecule has 21 heavy (non-hydrogen) atoms. The predicted molar refractivity (Wildman–Crippen MR) is 81.3 cm³/mol. The van der Waals surface area contributed by atoms with Crippen LogP contribution in [0.1, 0.15) is 15.4 Å². The Bertz CT molecular complexity index is 767. The molecule has 0 aliphatic rings. The third kappa shape index (κ3) is 2.85. The SMILES string of the molecule is CN(Cc1cccc(O)c1)C(=O)c1nc2cccnc2s1. The zero-order chi connectivity index (χ0) is 14.8. The summed E-state index contributed by atoms with van der Waals surface area (Å²) in [5, 5.41) is 9.88. The first-order valence-corrected chi connectivity index (χ1v) is 7.20. The number of hydrogen-bond acceptors (Lipinski definition) is 5. The standard InChI is InChI=1S/C15H13N3O2S/c1-18(9-10-4-2-5-11(19)8-10)15(20)14-17-12-6-3-7-16-13(12)21-14/h2-8,19H,9H2,1H3. The minimum Gasteiger partial charge on any atom is -0.508 e. The van der Waals surface area contributed by atoms with Crippen molar-refractivity contribution in [3.63, 3.8) is 0 Å². The number of nitrogens with zero attached hydrogens (tertiary/aromatic N) is 3. The summed E-state index contributed by atoms with van der Waals surface area (Å²) in [4.78, 5) is 23.2. The van der Waals surface area contributed by atoms with Crippen LogP contribution < -0.4 is 0 Å².